The van der Waals surface area contributed by atoms with Crippen LogP contribution in [0.3, 0.4) is 0 Å². The van der Waals surface area contributed by atoms with E-state index in [1.807, 2.05) is 13.1 Å². The third-order valence-corrected chi connectivity index (χ3v) is 3.07. The Morgan fingerprint density at radius 1 is 1.33 bits per heavy atom. The number of nitrogens with zero attached hydrogens (tertiary/aromatic N) is 2. The van der Waals surface area contributed by atoms with E-state index in [0.29, 0.717) is 12.6 Å². The summed E-state index contributed by atoms with van der Waals surface area (Å²) in [6.45, 7) is 14.2. The first-order valence-electron chi connectivity index (χ1n) is 6.66. The van der Waals surface area contributed by atoms with Gasteiger partial charge in [-0.15, -0.1) is 0 Å². The van der Waals surface area contributed by atoms with E-state index in [-0.39, 0.29) is 11.5 Å². The van der Waals surface area contributed by atoms with Crippen LogP contribution < -0.4 is 0 Å². The van der Waals surface area contributed by atoms with Crippen molar-refractivity contribution >= 4 is 0 Å². The van der Waals surface area contributed by atoms with Crippen LogP contribution in [0.15, 0.2) is 6.20 Å². The van der Waals surface area contributed by atoms with Crippen molar-refractivity contribution in [3.05, 3.63) is 17.5 Å². The quantitative estimate of drug-likeness (QED) is 0.846. The van der Waals surface area contributed by atoms with E-state index >= 15 is 0 Å². The average molecular weight is 253 g/mol. The Bertz CT molecular complexity index is 363. The fourth-order valence-corrected chi connectivity index (χ4v) is 2.10. The Labute approximate surface area is 110 Å². The second-order valence-electron chi connectivity index (χ2n) is 6.39. The van der Waals surface area contributed by atoms with E-state index in [1.165, 1.54) is 11.3 Å². The Hall–Kier alpha value is -0.870. The molecule has 0 aliphatic heterocycles. The molecule has 0 fully saturated rings. The minimum absolute atomic E-state index is 0.0688. The number of aliphatic hydroxyl groups excluding tert-OH is 1. The van der Waals surface area contributed by atoms with E-state index < -0.39 is 0 Å². The largest absolute Gasteiger partial charge is 0.392 e. The van der Waals surface area contributed by atoms with Gasteiger partial charge >= 0.3 is 0 Å². The highest BCUT2D eigenvalue weighted by molar-refractivity contribution is 5.23. The van der Waals surface area contributed by atoms with Crippen molar-refractivity contribution in [2.75, 3.05) is 6.54 Å². The predicted octanol–water partition coefficient (Wildman–Crippen LogP) is 2.30. The van der Waals surface area contributed by atoms with E-state index in [1.54, 1.807) is 0 Å². The van der Waals surface area contributed by atoms with Gasteiger partial charge in [0.15, 0.2) is 0 Å². The molecule has 1 aromatic heterocycles. The van der Waals surface area contributed by atoms with Crippen molar-refractivity contribution in [1.82, 2.24) is 15.1 Å². The van der Waals surface area contributed by atoms with E-state index in [0.717, 1.165) is 6.54 Å². The van der Waals surface area contributed by atoms with E-state index in [2.05, 4.69) is 49.7 Å². The lowest BCUT2D eigenvalue weighted by atomic mass is 9.89. The second-order valence-corrected chi connectivity index (χ2v) is 6.39. The molecule has 0 aliphatic carbocycles. The monoisotopic (exact) mass is 253 g/mol. The van der Waals surface area contributed by atoms with Crippen molar-refractivity contribution in [2.45, 2.75) is 65.6 Å². The van der Waals surface area contributed by atoms with Crippen LogP contribution in [0.2, 0.25) is 0 Å². The molecule has 104 valence electrons. The van der Waals surface area contributed by atoms with Gasteiger partial charge in [0.1, 0.15) is 0 Å². The summed E-state index contributed by atoms with van der Waals surface area (Å²) in [7, 11) is 0. The molecule has 0 bridgehead atoms. The van der Waals surface area contributed by atoms with Crippen molar-refractivity contribution < 1.29 is 5.11 Å². The lowest BCUT2D eigenvalue weighted by molar-refractivity contribution is 0.102. The Balaban J connectivity index is 2.85. The van der Waals surface area contributed by atoms with Gasteiger partial charge in [-0.1, -0.05) is 20.8 Å². The molecule has 4 heteroatoms. The van der Waals surface area contributed by atoms with Gasteiger partial charge in [0.2, 0.25) is 0 Å². The molecule has 1 aromatic rings. The topological polar surface area (TPSA) is 52.1 Å². The maximum Gasteiger partial charge on any atom is 0.0639 e. The van der Waals surface area contributed by atoms with Gasteiger partial charge in [0, 0.05) is 35.8 Å². The zero-order valence-corrected chi connectivity index (χ0v) is 12.5. The average Bonchev–Trinajstić information content (AvgIpc) is 2.63. The molecule has 2 N–H and O–H groups in total. The third kappa shape index (κ3) is 4.10. The highest BCUT2D eigenvalue weighted by Gasteiger charge is 2.22. The summed E-state index contributed by atoms with van der Waals surface area (Å²) in [6, 6.07) is 0.405. The van der Waals surface area contributed by atoms with Crippen molar-refractivity contribution in [1.29, 1.82) is 0 Å². The highest BCUT2D eigenvalue weighted by Crippen LogP contribution is 2.24. The summed E-state index contributed by atoms with van der Waals surface area (Å²) in [5, 5.41) is 16.8. The minimum Gasteiger partial charge on any atom is -0.392 e. The number of nitrogens with one attached hydrogen (secondary N) is 1. The Morgan fingerprint density at radius 3 is 2.39 bits per heavy atom. The number of hydrogen-bond donors (Lipinski definition) is 2. The fourth-order valence-electron chi connectivity index (χ4n) is 2.10. The zero-order chi connectivity index (χ0) is 13.9. The third-order valence-electron chi connectivity index (χ3n) is 3.07. The van der Waals surface area contributed by atoms with Crippen LogP contribution in [0, 0.1) is 0 Å². The van der Waals surface area contributed by atoms with Gasteiger partial charge in [-0.3, -0.25) is 10.00 Å². The van der Waals surface area contributed by atoms with E-state index in [4.69, 9.17) is 0 Å². The van der Waals surface area contributed by atoms with Crippen molar-refractivity contribution in [3.8, 4) is 0 Å². The number of H-pyrrole nitrogens is 1. The molecule has 0 saturated heterocycles. The molecule has 0 radical (unpaired) electrons. The molecule has 1 unspecified atom stereocenters. The highest BCUT2D eigenvalue weighted by atomic mass is 16.3. The number of rotatable bonds is 5. The second kappa shape index (κ2) is 5.85. The molecule has 0 spiro atoms. The summed E-state index contributed by atoms with van der Waals surface area (Å²) in [5.41, 5.74) is 2.47. The normalized spacial score (nSPS) is 14.5. The molecule has 1 atom stereocenters. The van der Waals surface area contributed by atoms with Crippen LogP contribution in [0.5, 0.6) is 0 Å². The first-order chi connectivity index (χ1) is 8.21. The number of aliphatic hydroxyl groups is 1. The molecule has 1 rings (SSSR count). The van der Waals surface area contributed by atoms with Gasteiger partial charge in [-0.25, -0.2) is 0 Å². The smallest absolute Gasteiger partial charge is 0.0639 e. The number of hydrogen-bond acceptors (Lipinski definition) is 3. The van der Waals surface area contributed by atoms with Crippen molar-refractivity contribution in [3.63, 3.8) is 0 Å². The Morgan fingerprint density at radius 2 is 1.94 bits per heavy atom. The lowest BCUT2D eigenvalue weighted by Gasteiger charge is -2.29. The van der Waals surface area contributed by atoms with Crippen LogP contribution in [-0.4, -0.2) is 38.9 Å². The number of aromatic amines is 1. The fraction of sp³-hybridized carbons (Fsp3) is 0.786. The summed E-state index contributed by atoms with van der Waals surface area (Å²) < 4.78 is 0. The van der Waals surface area contributed by atoms with Crippen LogP contribution in [0.1, 0.15) is 52.8 Å². The molecule has 0 aliphatic rings. The van der Waals surface area contributed by atoms with Gasteiger partial charge in [0.25, 0.3) is 0 Å². The molecule has 0 amide bonds. The van der Waals surface area contributed by atoms with Gasteiger partial charge < -0.3 is 5.11 Å². The summed E-state index contributed by atoms with van der Waals surface area (Å²) >= 11 is 0. The van der Waals surface area contributed by atoms with Crippen molar-refractivity contribution in [2.24, 2.45) is 0 Å². The van der Waals surface area contributed by atoms with Crippen LogP contribution >= 0.6 is 0 Å². The SMILES string of the molecule is CC(O)CN(Cc1cn[nH]c1C(C)(C)C)C(C)C. The summed E-state index contributed by atoms with van der Waals surface area (Å²) in [6.07, 6.45) is 1.59. The lowest BCUT2D eigenvalue weighted by Crippen LogP contribution is -2.36. The van der Waals surface area contributed by atoms with Crippen LogP contribution in [0.25, 0.3) is 0 Å². The maximum atomic E-state index is 9.56. The van der Waals surface area contributed by atoms with Gasteiger partial charge in [0.05, 0.1) is 12.3 Å². The molecule has 0 saturated carbocycles. The van der Waals surface area contributed by atoms with E-state index in [9.17, 15) is 5.11 Å². The van der Waals surface area contributed by atoms with Gasteiger partial charge in [-0.2, -0.15) is 5.10 Å². The predicted molar refractivity (Wildman–Crippen MR) is 74.5 cm³/mol. The van der Waals surface area contributed by atoms with Crippen LogP contribution in [0.4, 0.5) is 0 Å². The molecular weight excluding hydrogens is 226 g/mol. The number of aromatic nitrogens is 2. The molecule has 1 heterocycles. The summed E-state index contributed by atoms with van der Waals surface area (Å²) in [4.78, 5) is 2.27. The molecular formula is C14H27N3O. The standard InChI is InChI=1S/C14H27N3O/c1-10(2)17(8-11(3)18)9-12-7-15-16-13(12)14(4,5)6/h7,10-11,18H,8-9H2,1-6H3,(H,15,16). The minimum atomic E-state index is -0.308. The molecule has 18 heavy (non-hydrogen) atoms. The first kappa shape index (κ1) is 15.2. The Kier molecular flexibility index (Phi) is 4.93. The van der Waals surface area contributed by atoms with Crippen LogP contribution in [-0.2, 0) is 12.0 Å². The zero-order valence-electron chi connectivity index (χ0n) is 12.5. The maximum absolute atomic E-state index is 9.56. The molecule has 0 aromatic carbocycles. The first-order valence-corrected chi connectivity index (χ1v) is 6.66. The molecule has 4 nitrogen and oxygen atoms in total. The summed E-state index contributed by atoms with van der Waals surface area (Å²) in [5.74, 6) is 0. The van der Waals surface area contributed by atoms with Gasteiger partial charge in [-0.05, 0) is 20.8 Å².